The Hall–Kier alpha value is -4.38. The van der Waals surface area contributed by atoms with Crippen molar-refractivity contribution < 1.29 is 19.9 Å². The van der Waals surface area contributed by atoms with Crippen LogP contribution in [0.3, 0.4) is 0 Å². The van der Waals surface area contributed by atoms with Crippen LogP contribution in [0.2, 0.25) is 0 Å². The summed E-state index contributed by atoms with van der Waals surface area (Å²) in [4.78, 5) is 37.5. The van der Waals surface area contributed by atoms with Crippen molar-refractivity contribution in [1.82, 2.24) is 13.7 Å². The molecular weight excluding hydrogens is 456 g/mol. The molecule has 1 unspecified atom stereocenters. The summed E-state index contributed by atoms with van der Waals surface area (Å²) >= 11 is 0. The first kappa shape index (κ1) is 22.4. The van der Waals surface area contributed by atoms with Gasteiger partial charge in [-0.25, -0.2) is 4.79 Å². The van der Waals surface area contributed by atoms with Crippen LogP contribution < -0.4 is 11.2 Å². The number of fused-ring (bicyclic) bond motifs is 3. The van der Waals surface area contributed by atoms with Crippen molar-refractivity contribution in [2.75, 3.05) is 6.61 Å². The summed E-state index contributed by atoms with van der Waals surface area (Å²) in [7, 11) is 2.93. The summed E-state index contributed by atoms with van der Waals surface area (Å²) in [5.74, 6) is -0.628. The Morgan fingerprint density at radius 2 is 1.80 bits per heavy atom. The first-order valence-electron chi connectivity index (χ1n) is 10.8. The van der Waals surface area contributed by atoms with E-state index < -0.39 is 22.3 Å². The second kappa shape index (κ2) is 7.84. The van der Waals surface area contributed by atoms with Gasteiger partial charge in [-0.2, -0.15) is 0 Å². The highest BCUT2D eigenvalue weighted by atomic mass is 16.6. The number of nitro groups is 1. The van der Waals surface area contributed by atoms with Gasteiger partial charge in [-0.05, 0) is 24.6 Å². The van der Waals surface area contributed by atoms with Crippen molar-refractivity contribution in [3.8, 4) is 22.8 Å². The minimum atomic E-state index is -0.773. The third-order valence-corrected chi connectivity index (χ3v) is 6.53. The number of nitrogens with zero attached hydrogens (tertiary/aromatic N) is 4. The number of aromatic hydroxyl groups is 2. The Morgan fingerprint density at radius 1 is 1.06 bits per heavy atom. The molecule has 0 aliphatic carbocycles. The number of ether oxygens (including phenoxy) is 1. The molecule has 1 atom stereocenters. The molecule has 4 aromatic rings. The van der Waals surface area contributed by atoms with Crippen molar-refractivity contribution in [3.05, 3.63) is 84.2 Å². The lowest BCUT2D eigenvalue weighted by molar-refractivity contribution is -0.385. The molecule has 0 radical (unpaired) electrons. The van der Waals surface area contributed by atoms with Crippen molar-refractivity contribution in [3.63, 3.8) is 0 Å². The Kier molecular flexibility index (Phi) is 5.02. The van der Waals surface area contributed by atoms with E-state index in [4.69, 9.17) is 4.74 Å². The fourth-order valence-electron chi connectivity index (χ4n) is 4.79. The molecule has 2 aromatic carbocycles. The Balaban J connectivity index is 1.93. The molecule has 11 nitrogen and oxygen atoms in total. The summed E-state index contributed by atoms with van der Waals surface area (Å²) in [5, 5.41) is 31.7. The summed E-state index contributed by atoms with van der Waals surface area (Å²) in [6.07, 6.45) is -0.773. The lowest BCUT2D eigenvalue weighted by Crippen LogP contribution is -2.37. The molecule has 180 valence electrons. The smallest absolute Gasteiger partial charge is 0.331 e. The molecule has 0 saturated carbocycles. The number of rotatable bonds is 3. The largest absolute Gasteiger partial charge is 0.504 e. The molecule has 0 saturated heterocycles. The molecule has 11 heteroatoms. The molecule has 2 aromatic heterocycles. The predicted molar refractivity (Wildman–Crippen MR) is 127 cm³/mol. The molecular formula is C24H22N4O7. The van der Waals surface area contributed by atoms with Crippen molar-refractivity contribution in [2.45, 2.75) is 19.6 Å². The average molecular weight is 478 g/mol. The van der Waals surface area contributed by atoms with E-state index in [0.29, 0.717) is 40.1 Å². The van der Waals surface area contributed by atoms with Gasteiger partial charge < -0.3 is 19.5 Å². The molecule has 1 aliphatic rings. The lowest BCUT2D eigenvalue weighted by Gasteiger charge is -2.28. The van der Waals surface area contributed by atoms with Crippen LogP contribution in [0.5, 0.6) is 11.5 Å². The SMILES string of the molecule is Cc1ccc(-c2c3c(=O)n(C)c(=O)n(C)c3c3n2CCOC3c2ccc(O)c(O)c2)cc1[N+](=O)[O-]. The van der Waals surface area contributed by atoms with E-state index in [1.807, 2.05) is 4.57 Å². The number of phenolic OH excluding ortho intramolecular Hbond substituents is 2. The van der Waals surface area contributed by atoms with E-state index in [-0.39, 0.29) is 29.2 Å². The van der Waals surface area contributed by atoms with Crippen LogP contribution in [0.4, 0.5) is 5.69 Å². The fraction of sp³-hybridized carbons (Fsp3) is 0.250. The number of benzene rings is 2. The molecule has 2 N–H and O–H groups in total. The van der Waals surface area contributed by atoms with Crippen LogP contribution in [0.25, 0.3) is 22.2 Å². The van der Waals surface area contributed by atoms with E-state index in [1.165, 1.54) is 29.8 Å². The van der Waals surface area contributed by atoms with E-state index in [9.17, 15) is 29.9 Å². The maximum atomic E-state index is 13.4. The van der Waals surface area contributed by atoms with Gasteiger partial charge in [0.15, 0.2) is 11.5 Å². The van der Waals surface area contributed by atoms with Gasteiger partial charge in [0, 0.05) is 37.8 Å². The molecule has 0 bridgehead atoms. The van der Waals surface area contributed by atoms with E-state index in [1.54, 1.807) is 32.2 Å². The minimum Gasteiger partial charge on any atom is -0.504 e. The molecule has 5 rings (SSSR count). The Morgan fingerprint density at radius 3 is 2.49 bits per heavy atom. The van der Waals surface area contributed by atoms with Gasteiger partial charge in [-0.15, -0.1) is 0 Å². The van der Waals surface area contributed by atoms with E-state index >= 15 is 0 Å². The third-order valence-electron chi connectivity index (χ3n) is 6.53. The molecule has 0 spiro atoms. The summed E-state index contributed by atoms with van der Waals surface area (Å²) in [6.45, 7) is 2.21. The van der Waals surface area contributed by atoms with Gasteiger partial charge in [0.05, 0.1) is 33.8 Å². The van der Waals surface area contributed by atoms with Gasteiger partial charge in [0.1, 0.15) is 6.10 Å². The van der Waals surface area contributed by atoms with Crippen LogP contribution >= 0.6 is 0 Å². The predicted octanol–water partition coefficient (Wildman–Crippen LogP) is 2.45. The number of aryl methyl sites for hydroxylation is 2. The van der Waals surface area contributed by atoms with E-state index in [0.717, 1.165) is 4.57 Å². The van der Waals surface area contributed by atoms with Crippen molar-refractivity contribution in [1.29, 1.82) is 0 Å². The molecule has 1 aliphatic heterocycles. The van der Waals surface area contributed by atoms with Gasteiger partial charge >= 0.3 is 5.69 Å². The Labute approximate surface area is 197 Å². The average Bonchev–Trinajstić information content (AvgIpc) is 3.19. The zero-order valence-corrected chi connectivity index (χ0v) is 19.2. The lowest BCUT2D eigenvalue weighted by atomic mass is 10.0. The maximum Gasteiger partial charge on any atom is 0.331 e. The minimum absolute atomic E-state index is 0.0834. The van der Waals surface area contributed by atoms with Crippen molar-refractivity contribution >= 4 is 16.6 Å². The monoisotopic (exact) mass is 478 g/mol. The first-order valence-corrected chi connectivity index (χ1v) is 10.8. The highest BCUT2D eigenvalue weighted by Crippen LogP contribution is 2.42. The molecule has 0 amide bonds. The second-order valence-corrected chi connectivity index (χ2v) is 8.57. The molecule has 0 fully saturated rings. The van der Waals surface area contributed by atoms with Gasteiger partial charge in [-0.1, -0.05) is 18.2 Å². The zero-order chi connectivity index (χ0) is 25.2. The van der Waals surface area contributed by atoms with Crippen LogP contribution in [-0.4, -0.2) is 35.4 Å². The van der Waals surface area contributed by atoms with E-state index in [2.05, 4.69) is 0 Å². The van der Waals surface area contributed by atoms with Crippen LogP contribution in [0, 0.1) is 17.0 Å². The second-order valence-electron chi connectivity index (χ2n) is 8.57. The Bertz CT molecular complexity index is 1660. The molecule has 3 heterocycles. The number of phenols is 2. The number of aromatic nitrogens is 3. The van der Waals surface area contributed by atoms with Crippen molar-refractivity contribution in [2.24, 2.45) is 14.1 Å². The topological polar surface area (TPSA) is 142 Å². The fourth-order valence-corrected chi connectivity index (χ4v) is 4.79. The van der Waals surface area contributed by atoms with Gasteiger partial charge in [0.2, 0.25) is 0 Å². The van der Waals surface area contributed by atoms with Crippen LogP contribution in [0.15, 0.2) is 46.0 Å². The number of nitro benzene ring substituents is 1. The standard InChI is InChI=1S/C24H22N4O7/c1-12-4-5-13(10-15(12)28(33)34)19-18-20(25(2)24(32)26(3)23(18)31)21-22(35-9-8-27(19)21)14-6-7-16(29)17(30)11-14/h4-7,10-11,22,29-30H,8-9H2,1-3H3. The zero-order valence-electron chi connectivity index (χ0n) is 19.2. The summed E-state index contributed by atoms with van der Waals surface area (Å²) in [6, 6.07) is 9.05. The third kappa shape index (κ3) is 3.23. The summed E-state index contributed by atoms with van der Waals surface area (Å²) < 4.78 is 10.2. The maximum absolute atomic E-state index is 13.4. The van der Waals surface area contributed by atoms with Crippen LogP contribution in [0.1, 0.15) is 22.9 Å². The quantitative estimate of drug-likeness (QED) is 0.262. The summed E-state index contributed by atoms with van der Waals surface area (Å²) in [5.41, 5.74) is 1.60. The number of hydrogen-bond donors (Lipinski definition) is 2. The first-order chi connectivity index (χ1) is 16.6. The highest BCUT2D eigenvalue weighted by Gasteiger charge is 2.33. The van der Waals surface area contributed by atoms with Crippen LogP contribution in [-0.2, 0) is 25.4 Å². The van der Waals surface area contributed by atoms with Gasteiger partial charge in [-0.3, -0.25) is 24.0 Å². The van der Waals surface area contributed by atoms with Gasteiger partial charge in [0.25, 0.3) is 11.2 Å². The highest BCUT2D eigenvalue weighted by molar-refractivity contribution is 5.97. The number of hydrogen-bond acceptors (Lipinski definition) is 7. The molecule has 35 heavy (non-hydrogen) atoms. The normalized spacial score (nSPS) is 15.3.